The molecule has 4 rings (SSSR count). The SMILES string of the molecule is Cc1ccc(-c2nnc(SCCc3ccc(O)c(O)c3)n2-c2ccc(Cl)cc2)cc1. The fourth-order valence-corrected chi connectivity index (χ4v) is 4.13. The molecule has 0 unspecified atom stereocenters. The molecule has 1 heterocycles. The topological polar surface area (TPSA) is 71.2 Å². The lowest BCUT2D eigenvalue weighted by Gasteiger charge is -2.11. The Morgan fingerprint density at radius 2 is 1.63 bits per heavy atom. The van der Waals surface area contributed by atoms with E-state index < -0.39 is 0 Å². The summed E-state index contributed by atoms with van der Waals surface area (Å²) in [6, 6.07) is 20.7. The quantitative estimate of drug-likeness (QED) is 0.301. The highest BCUT2D eigenvalue weighted by atomic mass is 35.5. The number of hydrogen-bond acceptors (Lipinski definition) is 5. The molecule has 0 atom stereocenters. The molecule has 3 aromatic carbocycles. The summed E-state index contributed by atoms with van der Waals surface area (Å²) in [6.45, 7) is 2.05. The maximum Gasteiger partial charge on any atom is 0.196 e. The molecule has 0 saturated carbocycles. The number of thioether (sulfide) groups is 1. The molecule has 5 nitrogen and oxygen atoms in total. The molecular formula is C23H20ClN3O2S. The van der Waals surface area contributed by atoms with E-state index in [1.54, 1.807) is 23.9 Å². The Labute approximate surface area is 184 Å². The van der Waals surface area contributed by atoms with E-state index >= 15 is 0 Å². The highest BCUT2D eigenvalue weighted by Crippen LogP contribution is 2.30. The van der Waals surface area contributed by atoms with Crippen LogP contribution < -0.4 is 0 Å². The molecule has 4 aromatic rings. The minimum absolute atomic E-state index is 0.108. The number of nitrogens with zero attached hydrogens (tertiary/aromatic N) is 3. The van der Waals surface area contributed by atoms with Crippen LogP contribution in [0, 0.1) is 6.92 Å². The molecule has 152 valence electrons. The Morgan fingerprint density at radius 3 is 2.33 bits per heavy atom. The van der Waals surface area contributed by atoms with Crippen LogP contribution in [0.5, 0.6) is 11.5 Å². The van der Waals surface area contributed by atoms with Gasteiger partial charge in [0.15, 0.2) is 22.5 Å². The fraction of sp³-hybridized carbons (Fsp3) is 0.130. The van der Waals surface area contributed by atoms with Gasteiger partial charge in [-0.1, -0.05) is 59.3 Å². The lowest BCUT2D eigenvalue weighted by Crippen LogP contribution is -2.00. The molecule has 0 aliphatic carbocycles. The molecule has 0 radical (unpaired) electrons. The Kier molecular flexibility index (Phi) is 5.97. The fourth-order valence-electron chi connectivity index (χ4n) is 3.06. The molecular weight excluding hydrogens is 418 g/mol. The number of rotatable bonds is 6. The van der Waals surface area contributed by atoms with Crippen LogP contribution in [-0.2, 0) is 6.42 Å². The van der Waals surface area contributed by atoms with Gasteiger partial charge in [-0.3, -0.25) is 4.57 Å². The first kappa shape index (κ1) is 20.3. The third kappa shape index (κ3) is 4.45. The second-order valence-corrected chi connectivity index (χ2v) is 8.40. The van der Waals surface area contributed by atoms with Crippen LogP contribution in [0.2, 0.25) is 5.02 Å². The third-order valence-corrected chi connectivity index (χ3v) is 5.87. The highest BCUT2D eigenvalue weighted by molar-refractivity contribution is 7.99. The second-order valence-electron chi connectivity index (χ2n) is 6.91. The van der Waals surface area contributed by atoms with Crippen LogP contribution in [0.15, 0.2) is 71.9 Å². The van der Waals surface area contributed by atoms with Crippen molar-refractivity contribution in [2.45, 2.75) is 18.5 Å². The number of benzene rings is 3. The average Bonchev–Trinajstić information content (AvgIpc) is 3.15. The maximum atomic E-state index is 9.69. The Balaban J connectivity index is 1.62. The van der Waals surface area contributed by atoms with Crippen LogP contribution in [-0.4, -0.2) is 30.7 Å². The number of phenols is 2. The third-order valence-electron chi connectivity index (χ3n) is 4.69. The number of hydrogen-bond donors (Lipinski definition) is 2. The first-order chi connectivity index (χ1) is 14.5. The van der Waals surface area contributed by atoms with Crippen LogP contribution in [0.25, 0.3) is 17.1 Å². The number of aromatic hydroxyl groups is 2. The van der Waals surface area contributed by atoms with Gasteiger partial charge in [0.25, 0.3) is 0 Å². The molecule has 0 spiro atoms. The molecule has 0 fully saturated rings. The van der Waals surface area contributed by atoms with Crippen LogP contribution >= 0.6 is 23.4 Å². The zero-order valence-corrected chi connectivity index (χ0v) is 17.9. The van der Waals surface area contributed by atoms with Crippen LogP contribution in [0.3, 0.4) is 0 Å². The monoisotopic (exact) mass is 437 g/mol. The minimum atomic E-state index is -0.114. The lowest BCUT2D eigenvalue weighted by molar-refractivity contribution is 0.403. The van der Waals surface area contributed by atoms with Crippen molar-refractivity contribution in [1.82, 2.24) is 14.8 Å². The number of halogens is 1. The molecule has 1 aromatic heterocycles. The maximum absolute atomic E-state index is 9.69. The average molecular weight is 438 g/mol. The normalized spacial score (nSPS) is 11.0. The van der Waals surface area contributed by atoms with Gasteiger partial charge in [-0.25, -0.2) is 0 Å². The van der Waals surface area contributed by atoms with E-state index in [0.717, 1.165) is 33.5 Å². The van der Waals surface area contributed by atoms with Gasteiger partial charge in [0.2, 0.25) is 0 Å². The highest BCUT2D eigenvalue weighted by Gasteiger charge is 2.16. The van der Waals surface area contributed by atoms with Gasteiger partial charge in [-0.2, -0.15) is 0 Å². The second kappa shape index (κ2) is 8.81. The summed E-state index contributed by atoms with van der Waals surface area (Å²) in [6.07, 6.45) is 0.714. The van der Waals surface area contributed by atoms with Crippen molar-refractivity contribution < 1.29 is 10.2 Å². The Morgan fingerprint density at radius 1 is 0.900 bits per heavy atom. The van der Waals surface area contributed by atoms with Crippen molar-refractivity contribution in [2.24, 2.45) is 0 Å². The molecule has 0 bridgehead atoms. The van der Waals surface area contributed by atoms with E-state index in [1.807, 2.05) is 41.0 Å². The molecule has 0 aliphatic rings. The van der Waals surface area contributed by atoms with Crippen molar-refractivity contribution in [2.75, 3.05) is 5.75 Å². The molecule has 0 saturated heterocycles. The zero-order chi connectivity index (χ0) is 21.1. The minimum Gasteiger partial charge on any atom is -0.504 e. The summed E-state index contributed by atoms with van der Waals surface area (Å²) in [5.41, 5.74) is 4.04. The van der Waals surface area contributed by atoms with Crippen molar-refractivity contribution >= 4 is 23.4 Å². The number of aromatic nitrogens is 3. The predicted octanol–water partition coefficient (Wildman–Crippen LogP) is 5.64. The van der Waals surface area contributed by atoms with Gasteiger partial charge in [0.05, 0.1) is 0 Å². The summed E-state index contributed by atoms with van der Waals surface area (Å²) in [5.74, 6) is 1.28. The van der Waals surface area contributed by atoms with Crippen molar-refractivity contribution in [3.05, 3.63) is 82.9 Å². The van der Waals surface area contributed by atoms with Crippen molar-refractivity contribution in [3.8, 4) is 28.6 Å². The number of phenolic OH excluding ortho intramolecular Hbond substituents is 2. The molecule has 30 heavy (non-hydrogen) atoms. The lowest BCUT2D eigenvalue weighted by atomic mass is 10.1. The van der Waals surface area contributed by atoms with Crippen LogP contribution in [0.4, 0.5) is 0 Å². The van der Waals surface area contributed by atoms with E-state index in [-0.39, 0.29) is 11.5 Å². The largest absolute Gasteiger partial charge is 0.504 e. The van der Waals surface area contributed by atoms with Gasteiger partial charge in [0, 0.05) is 22.0 Å². The first-order valence-electron chi connectivity index (χ1n) is 9.43. The smallest absolute Gasteiger partial charge is 0.196 e. The molecule has 2 N–H and O–H groups in total. The molecule has 0 amide bonds. The summed E-state index contributed by atoms with van der Waals surface area (Å²) in [4.78, 5) is 0. The Bertz CT molecular complexity index is 1160. The number of aryl methyl sites for hydroxylation is 2. The molecule has 0 aliphatic heterocycles. The van der Waals surface area contributed by atoms with E-state index in [9.17, 15) is 10.2 Å². The first-order valence-corrected chi connectivity index (χ1v) is 10.8. The van der Waals surface area contributed by atoms with Gasteiger partial charge in [-0.15, -0.1) is 10.2 Å². The van der Waals surface area contributed by atoms with Crippen LogP contribution in [0.1, 0.15) is 11.1 Å². The summed E-state index contributed by atoms with van der Waals surface area (Å²) < 4.78 is 2.03. The van der Waals surface area contributed by atoms with Gasteiger partial charge >= 0.3 is 0 Å². The van der Waals surface area contributed by atoms with E-state index in [2.05, 4.69) is 29.3 Å². The van der Waals surface area contributed by atoms with Gasteiger partial charge < -0.3 is 10.2 Å². The summed E-state index contributed by atoms with van der Waals surface area (Å²) in [7, 11) is 0. The van der Waals surface area contributed by atoms with Gasteiger partial charge in [-0.05, 0) is 55.3 Å². The van der Waals surface area contributed by atoms with E-state index in [0.29, 0.717) is 11.4 Å². The van der Waals surface area contributed by atoms with Gasteiger partial charge in [0.1, 0.15) is 0 Å². The standard InChI is InChI=1S/C23H20ClN3O2S/c1-15-2-5-17(6-3-15)22-25-26-23(27(22)19-9-7-18(24)8-10-19)30-13-12-16-4-11-20(28)21(29)14-16/h2-11,14,28-29H,12-13H2,1H3. The zero-order valence-electron chi connectivity index (χ0n) is 16.3. The Hall–Kier alpha value is -2.96. The van der Waals surface area contributed by atoms with Crippen molar-refractivity contribution in [1.29, 1.82) is 0 Å². The van der Waals surface area contributed by atoms with E-state index in [1.165, 1.54) is 11.6 Å². The van der Waals surface area contributed by atoms with E-state index in [4.69, 9.17) is 11.6 Å². The predicted molar refractivity (Wildman–Crippen MR) is 121 cm³/mol. The molecule has 7 heteroatoms. The summed E-state index contributed by atoms with van der Waals surface area (Å²) in [5, 5.41) is 29.5. The summed E-state index contributed by atoms with van der Waals surface area (Å²) >= 11 is 7.66. The van der Waals surface area contributed by atoms with Crippen molar-refractivity contribution in [3.63, 3.8) is 0 Å².